The number of nitrogens with zero attached hydrogens (tertiary/aromatic N) is 1. The third-order valence-electron chi connectivity index (χ3n) is 2.55. The summed E-state index contributed by atoms with van der Waals surface area (Å²) in [5.74, 6) is 0. The van der Waals surface area contributed by atoms with E-state index in [4.69, 9.17) is 9.26 Å². The Balaban J connectivity index is 1.89. The molecule has 1 heterocycles. The number of rotatable bonds is 6. The van der Waals surface area contributed by atoms with Crippen molar-refractivity contribution in [2.75, 3.05) is 7.11 Å². The van der Waals surface area contributed by atoms with E-state index >= 15 is 0 Å². The summed E-state index contributed by atoms with van der Waals surface area (Å²) in [6, 6.07) is 8.25. The summed E-state index contributed by atoms with van der Waals surface area (Å²) in [6.45, 7) is 2.21. The minimum Gasteiger partial charge on any atom is -0.380 e. The van der Waals surface area contributed by atoms with E-state index in [2.05, 4.69) is 22.6 Å². The van der Waals surface area contributed by atoms with Gasteiger partial charge < -0.3 is 14.6 Å². The number of ether oxygens (including phenoxy) is 1. The number of nitrogens with one attached hydrogen (secondary N) is 1. The molecule has 2 aromatic rings. The summed E-state index contributed by atoms with van der Waals surface area (Å²) in [6.07, 6.45) is 3.36. The van der Waals surface area contributed by atoms with Crippen LogP contribution in [0.5, 0.6) is 0 Å². The first-order chi connectivity index (χ1) is 8.40. The van der Waals surface area contributed by atoms with E-state index in [1.54, 1.807) is 19.6 Å². The lowest BCUT2D eigenvalue weighted by Crippen LogP contribution is -2.13. The van der Waals surface area contributed by atoms with Crippen LogP contribution >= 0.6 is 0 Å². The van der Waals surface area contributed by atoms with Crippen LogP contribution in [0.4, 0.5) is 0 Å². The summed E-state index contributed by atoms with van der Waals surface area (Å²) < 4.78 is 9.94. The fourth-order valence-electron chi connectivity index (χ4n) is 1.68. The molecule has 0 amide bonds. The van der Waals surface area contributed by atoms with Crippen LogP contribution in [-0.2, 0) is 24.4 Å². The molecule has 0 saturated heterocycles. The summed E-state index contributed by atoms with van der Waals surface area (Å²) in [7, 11) is 1.71. The molecule has 0 unspecified atom stereocenters. The van der Waals surface area contributed by atoms with E-state index in [1.165, 1.54) is 11.1 Å². The fraction of sp³-hybridized carbons (Fsp3) is 0.308. The van der Waals surface area contributed by atoms with Gasteiger partial charge in [0.2, 0.25) is 0 Å². The number of hydrogen-bond acceptors (Lipinski definition) is 4. The van der Waals surface area contributed by atoms with Gasteiger partial charge in [0.25, 0.3) is 0 Å². The first-order valence-electron chi connectivity index (χ1n) is 5.55. The minimum atomic E-state index is 0.644. The second-order valence-corrected chi connectivity index (χ2v) is 3.84. The van der Waals surface area contributed by atoms with Crippen molar-refractivity contribution in [2.45, 2.75) is 19.7 Å². The number of aromatic nitrogens is 1. The highest BCUT2D eigenvalue weighted by Crippen LogP contribution is 2.09. The molecule has 0 aliphatic rings. The van der Waals surface area contributed by atoms with Crippen molar-refractivity contribution >= 4 is 0 Å². The maximum atomic E-state index is 5.17. The van der Waals surface area contributed by atoms with E-state index in [0.717, 1.165) is 18.7 Å². The normalized spacial score (nSPS) is 10.6. The van der Waals surface area contributed by atoms with Crippen LogP contribution in [0, 0.1) is 0 Å². The molecular weight excluding hydrogens is 216 g/mol. The summed E-state index contributed by atoms with van der Waals surface area (Å²) in [4.78, 5) is 0. The zero-order valence-electron chi connectivity index (χ0n) is 9.85. The molecule has 0 radical (unpaired) electrons. The highest BCUT2D eigenvalue weighted by Gasteiger charge is 2.01. The van der Waals surface area contributed by atoms with Gasteiger partial charge in [0.1, 0.15) is 6.26 Å². The third kappa shape index (κ3) is 3.41. The smallest absolute Gasteiger partial charge is 0.128 e. The van der Waals surface area contributed by atoms with Gasteiger partial charge in [-0.3, -0.25) is 0 Å². The standard InChI is InChI=1S/C13H16N2O2/c1-16-10-13-5-3-2-4-12(13)8-14-6-11-7-15-17-9-11/h2-5,7,9,14H,6,8,10H2,1H3. The fourth-order valence-corrected chi connectivity index (χ4v) is 1.68. The van der Waals surface area contributed by atoms with Gasteiger partial charge in [-0.15, -0.1) is 0 Å². The second kappa shape index (κ2) is 6.18. The molecule has 0 spiro atoms. The van der Waals surface area contributed by atoms with Gasteiger partial charge in [-0.2, -0.15) is 0 Å². The number of benzene rings is 1. The quantitative estimate of drug-likeness (QED) is 0.828. The average molecular weight is 232 g/mol. The van der Waals surface area contributed by atoms with Crippen molar-refractivity contribution in [3.63, 3.8) is 0 Å². The Morgan fingerprint density at radius 1 is 1.24 bits per heavy atom. The first-order valence-corrected chi connectivity index (χ1v) is 5.55. The SMILES string of the molecule is COCc1ccccc1CNCc1cnoc1. The first kappa shape index (κ1) is 11.8. The molecule has 90 valence electrons. The molecule has 4 heteroatoms. The van der Waals surface area contributed by atoms with Crippen LogP contribution in [0.3, 0.4) is 0 Å². The molecular formula is C13H16N2O2. The molecule has 17 heavy (non-hydrogen) atoms. The molecule has 0 aliphatic carbocycles. The van der Waals surface area contributed by atoms with Crippen LogP contribution < -0.4 is 5.32 Å². The van der Waals surface area contributed by atoms with Crippen molar-refractivity contribution in [3.8, 4) is 0 Å². The molecule has 0 fully saturated rings. The van der Waals surface area contributed by atoms with E-state index in [-0.39, 0.29) is 0 Å². The Morgan fingerprint density at radius 3 is 2.76 bits per heavy atom. The molecule has 0 aliphatic heterocycles. The largest absolute Gasteiger partial charge is 0.380 e. The van der Waals surface area contributed by atoms with Crippen LogP contribution in [0.1, 0.15) is 16.7 Å². The maximum absolute atomic E-state index is 5.17. The van der Waals surface area contributed by atoms with Gasteiger partial charge >= 0.3 is 0 Å². The van der Waals surface area contributed by atoms with Crippen LogP contribution in [0.25, 0.3) is 0 Å². The predicted octanol–water partition coefficient (Wildman–Crippen LogP) is 2.11. The topological polar surface area (TPSA) is 47.3 Å². The third-order valence-corrected chi connectivity index (χ3v) is 2.55. The van der Waals surface area contributed by atoms with E-state index in [9.17, 15) is 0 Å². The Labute approximate surface area is 101 Å². The van der Waals surface area contributed by atoms with Gasteiger partial charge in [0, 0.05) is 25.8 Å². The maximum Gasteiger partial charge on any atom is 0.128 e. The van der Waals surface area contributed by atoms with Gasteiger partial charge in [-0.1, -0.05) is 29.4 Å². The zero-order chi connectivity index (χ0) is 11.9. The van der Waals surface area contributed by atoms with E-state index in [1.807, 2.05) is 12.1 Å². The van der Waals surface area contributed by atoms with Crippen molar-refractivity contribution in [1.82, 2.24) is 10.5 Å². The van der Waals surface area contributed by atoms with Crippen molar-refractivity contribution in [3.05, 3.63) is 53.4 Å². The molecule has 2 rings (SSSR count). The molecule has 0 bridgehead atoms. The summed E-state index contributed by atoms with van der Waals surface area (Å²) in [5.41, 5.74) is 3.52. The Kier molecular flexibility index (Phi) is 4.30. The van der Waals surface area contributed by atoms with Gasteiger partial charge in [0.15, 0.2) is 0 Å². The van der Waals surface area contributed by atoms with Gasteiger partial charge in [-0.05, 0) is 11.1 Å². The van der Waals surface area contributed by atoms with E-state index in [0.29, 0.717) is 6.61 Å². The lowest BCUT2D eigenvalue weighted by atomic mass is 10.1. The highest BCUT2D eigenvalue weighted by atomic mass is 16.5. The summed E-state index contributed by atoms with van der Waals surface area (Å²) >= 11 is 0. The molecule has 0 atom stereocenters. The minimum absolute atomic E-state index is 0.644. The van der Waals surface area contributed by atoms with Crippen molar-refractivity contribution in [2.24, 2.45) is 0 Å². The van der Waals surface area contributed by atoms with Crippen LogP contribution in [0.15, 0.2) is 41.2 Å². The number of methoxy groups -OCH3 is 1. The molecule has 1 N–H and O–H groups in total. The van der Waals surface area contributed by atoms with Gasteiger partial charge in [0.05, 0.1) is 12.8 Å². The van der Waals surface area contributed by atoms with Gasteiger partial charge in [-0.25, -0.2) is 0 Å². The monoisotopic (exact) mass is 232 g/mol. The van der Waals surface area contributed by atoms with Crippen molar-refractivity contribution in [1.29, 1.82) is 0 Å². The molecule has 1 aromatic heterocycles. The number of hydrogen-bond donors (Lipinski definition) is 1. The molecule has 4 nitrogen and oxygen atoms in total. The molecule has 1 aromatic carbocycles. The highest BCUT2D eigenvalue weighted by molar-refractivity contribution is 5.26. The van der Waals surface area contributed by atoms with Crippen LogP contribution in [0.2, 0.25) is 0 Å². The Hall–Kier alpha value is -1.65. The second-order valence-electron chi connectivity index (χ2n) is 3.84. The Morgan fingerprint density at radius 2 is 2.06 bits per heavy atom. The Bertz CT molecular complexity index is 440. The predicted molar refractivity (Wildman–Crippen MR) is 64.2 cm³/mol. The van der Waals surface area contributed by atoms with Crippen molar-refractivity contribution < 1.29 is 9.26 Å². The lowest BCUT2D eigenvalue weighted by molar-refractivity contribution is 0.184. The van der Waals surface area contributed by atoms with Crippen LogP contribution in [-0.4, -0.2) is 12.3 Å². The zero-order valence-corrected chi connectivity index (χ0v) is 9.85. The average Bonchev–Trinajstić information content (AvgIpc) is 2.85. The lowest BCUT2D eigenvalue weighted by Gasteiger charge is -2.09. The summed E-state index contributed by atoms with van der Waals surface area (Å²) in [5, 5.41) is 7.01. The molecule has 0 saturated carbocycles. The van der Waals surface area contributed by atoms with E-state index < -0.39 is 0 Å².